The van der Waals surface area contributed by atoms with Crippen LogP contribution in [-0.4, -0.2) is 36.4 Å². The average molecular weight is 331 g/mol. The van der Waals surface area contributed by atoms with Gasteiger partial charge in [-0.2, -0.15) is 0 Å². The Morgan fingerprint density at radius 3 is 2.88 bits per heavy atom. The summed E-state index contributed by atoms with van der Waals surface area (Å²) in [5, 5.41) is 1.19. The van der Waals surface area contributed by atoms with Crippen molar-refractivity contribution in [3.8, 4) is 11.1 Å². The van der Waals surface area contributed by atoms with E-state index in [4.69, 9.17) is 0 Å². The van der Waals surface area contributed by atoms with E-state index in [0.717, 1.165) is 48.4 Å². The van der Waals surface area contributed by atoms with E-state index < -0.39 is 0 Å². The van der Waals surface area contributed by atoms with Crippen molar-refractivity contribution in [2.24, 2.45) is 0 Å². The molecule has 0 saturated heterocycles. The lowest BCUT2D eigenvalue weighted by Gasteiger charge is -2.29. The third kappa shape index (κ3) is 2.96. The summed E-state index contributed by atoms with van der Waals surface area (Å²) >= 11 is 0. The van der Waals surface area contributed by atoms with E-state index >= 15 is 0 Å². The van der Waals surface area contributed by atoms with Crippen molar-refractivity contribution in [1.82, 2.24) is 9.88 Å². The molecule has 3 aromatic rings. The van der Waals surface area contributed by atoms with Crippen molar-refractivity contribution in [2.75, 3.05) is 25.0 Å². The highest BCUT2D eigenvalue weighted by Gasteiger charge is 2.17. The quantitative estimate of drug-likeness (QED) is 0.734. The number of amides is 1. The molecule has 0 atom stereocenters. The number of hydrogen-bond donors (Lipinski definition) is 1. The van der Waals surface area contributed by atoms with Gasteiger partial charge in [-0.15, -0.1) is 0 Å². The second-order valence-electron chi connectivity index (χ2n) is 6.49. The second-order valence-corrected chi connectivity index (χ2v) is 6.49. The number of nitrogens with one attached hydrogen (secondary N) is 1. The molecule has 1 aliphatic rings. The van der Waals surface area contributed by atoms with Gasteiger partial charge < -0.3 is 9.88 Å². The van der Waals surface area contributed by atoms with Gasteiger partial charge in [0.05, 0.1) is 0 Å². The van der Waals surface area contributed by atoms with Gasteiger partial charge in [-0.05, 0) is 48.9 Å². The summed E-state index contributed by atoms with van der Waals surface area (Å²) in [6, 6.07) is 16.5. The van der Waals surface area contributed by atoms with Crippen LogP contribution in [0.1, 0.15) is 6.42 Å². The molecule has 4 heteroatoms. The Hall–Kier alpha value is -2.85. The van der Waals surface area contributed by atoms with Gasteiger partial charge in [-0.1, -0.05) is 30.3 Å². The molecule has 1 N–H and O–H groups in total. The average Bonchev–Trinajstić information content (AvgIpc) is 3.11. The van der Waals surface area contributed by atoms with Crippen LogP contribution in [0.3, 0.4) is 0 Å². The number of aromatic amines is 1. The Kier molecular flexibility index (Phi) is 4.12. The van der Waals surface area contributed by atoms with Gasteiger partial charge in [0, 0.05) is 41.6 Å². The van der Waals surface area contributed by atoms with Crippen LogP contribution in [0.5, 0.6) is 0 Å². The molecule has 0 aliphatic carbocycles. The van der Waals surface area contributed by atoms with Gasteiger partial charge in [0.2, 0.25) is 6.41 Å². The van der Waals surface area contributed by atoms with Gasteiger partial charge in [-0.25, -0.2) is 0 Å². The number of anilines is 1. The fraction of sp³-hybridized carbons (Fsp3) is 0.190. The normalized spacial score (nSPS) is 15.2. The third-order valence-corrected chi connectivity index (χ3v) is 4.77. The van der Waals surface area contributed by atoms with Gasteiger partial charge in [0.25, 0.3) is 0 Å². The molecule has 4 rings (SSSR count). The zero-order chi connectivity index (χ0) is 17.2. The van der Waals surface area contributed by atoms with Crippen LogP contribution in [0.2, 0.25) is 0 Å². The monoisotopic (exact) mass is 331 g/mol. The maximum atomic E-state index is 11.8. The predicted octanol–water partition coefficient (Wildman–Crippen LogP) is 4.02. The molecule has 2 aromatic carbocycles. The van der Waals surface area contributed by atoms with Crippen LogP contribution in [0, 0.1) is 0 Å². The fourth-order valence-electron chi connectivity index (χ4n) is 3.50. The SMILES string of the molecule is CN1CCC=C(N(C=O)c2cccc(-c3cccc4[nH]ccc34)c2)C1. The molecule has 25 heavy (non-hydrogen) atoms. The number of fused-ring (bicyclic) bond motifs is 1. The second kappa shape index (κ2) is 6.57. The number of benzene rings is 2. The Morgan fingerprint density at radius 1 is 1.16 bits per heavy atom. The minimum atomic E-state index is 0.788. The molecule has 1 aliphatic heterocycles. The maximum absolute atomic E-state index is 11.8. The fourth-order valence-corrected chi connectivity index (χ4v) is 3.50. The van der Waals surface area contributed by atoms with Crippen molar-refractivity contribution in [1.29, 1.82) is 0 Å². The molecule has 0 unspecified atom stereocenters. The highest BCUT2D eigenvalue weighted by atomic mass is 16.1. The van der Waals surface area contributed by atoms with Crippen molar-refractivity contribution in [3.05, 3.63) is 66.5 Å². The molecular weight excluding hydrogens is 310 g/mol. The summed E-state index contributed by atoms with van der Waals surface area (Å²) in [5.41, 5.74) is 5.34. The summed E-state index contributed by atoms with van der Waals surface area (Å²) in [5.74, 6) is 0. The molecule has 0 saturated carbocycles. The molecule has 2 heterocycles. The Bertz CT molecular complexity index is 941. The summed E-state index contributed by atoms with van der Waals surface area (Å²) in [6.07, 6.45) is 6.01. The van der Waals surface area contributed by atoms with Crippen molar-refractivity contribution in [3.63, 3.8) is 0 Å². The zero-order valence-electron chi connectivity index (χ0n) is 14.3. The predicted molar refractivity (Wildman–Crippen MR) is 102 cm³/mol. The minimum absolute atomic E-state index is 0.788. The number of nitrogens with zero attached hydrogens (tertiary/aromatic N) is 2. The molecule has 0 bridgehead atoms. The van der Waals surface area contributed by atoms with E-state index in [9.17, 15) is 4.79 Å². The summed E-state index contributed by atoms with van der Waals surface area (Å²) in [4.78, 5) is 19.0. The van der Waals surface area contributed by atoms with Crippen LogP contribution >= 0.6 is 0 Å². The van der Waals surface area contributed by atoms with E-state index in [1.807, 2.05) is 18.3 Å². The molecule has 0 radical (unpaired) electrons. The number of rotatable bonds is 4. The zero-order valence-corrected chi connectivity index (χ0v) is 14.3. The van der Waals surface area contributed by atoms with Crippen molar-refractivity contribution in [2.45, 2.75) is 6.42 Å². The molecule has 1 amide bonds. The topological polar surface area (TPSA) is 39.3 Å². The number of hydrogen-bond acceptors (Lipinski definition) is 2. The molecule has 4 nitrogen and oxygen atoms in total. The lowest BCUT2D eigenvalue weighted by atomic mass is 10.0. The van der Waals surface area contributed by atoms with E-state index in [1.54, 1.807) is 4.90 Å². The van der Waals surface area contributed by atoms with Crippen LogP contribution < -0.4 is 4.90 Å². The maximum Gasteiger partial charge on any atom is 0.218 e. The summed E-state index contributed by atoms with van der Waals surface area (Å²) < 4.78 is 0. The van der Waals surface area contributed by atoms with Crippen LogP contribution in [0.4, 0.5) is 5.69 Å². The first-order chi connectivity index (χ1) is 12.3. The van der Waals surface area contributed by atoms with Gasteiger partial charge >= 0.3 is 0 Å². The number of carbonyl (C=O) groups excluding carboxylic acids is 1. The van der Waals surface area contributed by atoms with Gasteiger partial charge in [0.15, 0.2) is 0 Å². The lowest BCUT2D eigenvalue weighted by Crippen LogP contribution is -2.34. The molecular formula is C21H21N3O. The van der Waals surface area contributed by atoms with Crippen LogP contribution in [-0.2, 0) is 4.79 Å². The molecule has 0 fully saturated rings. The number of H-pyrrole nitrogens is 1. The number of carbonyl (C=O) groups is 1. The first-order valence-electron chi connectivity index (χ1n) is 8.55. The largest absolute Gasteiger partial charge is 0.361 e. The highest BCUT2D eigenvalue weighted by molar-refractivity contribution is 5.96. The highest BCUT2D eigenvalue weighted by Crippen LogP contribution is 2.31. The number of likely N-dealkylation sites (N-methyl/N-ethyl adjacent to an activating group) is 1. The smallest absolute Gasteiger partial charge is 0.218 e. The molecule has 1 aromatic heterocycles. The minimum Gasteiger partial charge on any atom is -0.361 e. The summed E-state index contributed by atoms with van der Waals surface area (Å²) in [6.45, 7) is 1.82. The van der Waals surface area contributed by atoms with E-state index in [0.29, 0.717) is 0 Å². The van der Waals surface area contributed by atoms with Gasteiger partial charge in [0.1, 0.15) is 0 Å². The first kappa shape index (κ1) is 15.7. The van der Waals surface area contributed by atoms with Crippen molar-refractivity contribution >= 4 is 23.0 Å². The van der Waals surface area contributed by atoms with Crippen LogP contribution in [0.25, 0.3) is 22.0 Å². The lowest BCUT2D eigenvalue weighted by molar-refractivity contribution is -0.107. The Labute approximate surface area is 147 Å². The number of aromatic nitrogens is 1. The Balaban J connectivity index is 1.75. The van der Waals surface area contributed by atoms with E-state index in [1.165, 1.54) is 10.9 Å². The molecule has 0 spiro atoms. The molecule has 126 valence electrons. The Morgan fingerprint density at radius 2 is 2.04 bits per heavy atom. The third-order valence-electron chi connectivity index (χ3n) is 4.77. The van der Waals surface area contributed by atoms with Gasteiger partial charge in [-0.3, -0.25) is 9.69 Å². The van der Waals surface area contributed by atoms with E-state index in [-0.39, 0.29) is 0 Å². The summed E-state index contributed by atoms with van der Waals surface area (Å²) in [7, 11) is 2.08. The van der Waals surface area contributed by atoms with E-state index in [2.05, 4.69) is 59.4 Å². The first-order valence-corrected chi connectivity index (χ1v) is 8.55. The van der Waals surface area contributed by atoms with Crippen LogP contribution in [0.15, 0.2) is 66.5 Å². The van der Waals surface area contributed by atoms with Crippen molar-refractivity contribution < 1.29 is 4.79 Å². The standard InChI is InChI=1S/C21H21N3O/c1-23-12-4-7-18(14-23)24(15-25)17-6-2-5-16(13-17)19-8-3-9-21-20(19)10-11-22-21/h2-3,5-11,13,15,22H,4,12,14H2,1H3.